The minimum atomic E-state index is -3.00. The van der Waals surface area contributed by atoms with Gasteiger partial charge in [0, 0.05) is 12.1 Å². The van der Waals surface area contributed by atoms with E-state index in [-0.39, 0.29) is 23.9 Å². The molecule has 0 aromatic heterocycles. The Kier molecular flexibility index (Phi) is 9.52. The van der Waals surface area contributed by atoms with Gasteiger partial charge in [0.2, 0.25) is 7.44 Å². The standard InChI is InChI=1S/C26H35N2OP/c1-6-30(29,27-25(21(2)3)19-17-23-13-9-7-10-14-23)28-26(22(4)5)20-18-24-15-11-8-12-16-24/h6-22,25-26H,1H2,2-5H3,(H2,27,28,29)/b19-17+,20-18+/t25-,26-/m1/s1. The first kappa shape index (κ1) is 24.1. The Morgan fingerprint density at radius 3 is 1.40 bits per heavy atom. The largest absolute Gasteiger partial charge is 0.285 e. The van der Waals surface area contributed by atoms with Crippen LogP contribution in [0.1, 0.15) is 38.8 Å². The fraction of sp³-hybridized carbons (Fsp3) is 0.308. The van der Waals surface area contributed by atoms with Crippen molar-refractivity contribution >= 4 is 19.6 Å². The molecule has 0 spiro atoms. The average Bonchev–Trinajstić information content (AvgIpc) is 2.75. The van der Waals surface area contributed by atoms with Gasteiger partial charge in [0.05, 0.1) is 0 Å². The van der Waals surface area contributed by atoms with Crippen molar-refractivity contribution in [2.75, 3.05) is 0 Å². The second-order valence-corrected chi connectivity index (χ2v) is 10.4. The topological polar surface area (TPSA) is 41.1 Å². The lowest BCUT2D eigenvalue weighted by Crippen LogP contribution is -2.38. The zero-order valence-electron chi connectivity index (χ0n) is 18.5. The normalized spacial score (nSPS) is 14.6. The molecule has 0 radical (unpaired) electrons. The summed E-state index contributed by atoms with van der Waals surface area (Å²) in [4.78, 5) is 0. The second kappa shape index (κ2) is 11.9. The number of nitrogens with one attached hydrogen (secondary N) is 2. The van der Waals surface area contributed by atoms with E-state index in [4.69, 9.17) is 0 Å². The van der Waals surface area contributed by atoms with Gasteiger partial charge in [-0.25, -0.2) is 10.2 Å². The lowest BCUT2D eigenvalue weighted by Gasteiger charge is -2.29. The highest BCUT2D eigenvalue weighted by atomic mass is 31.2. The minimum absolute atomic E-state index is 0.0487. The fourth-order valence-corrected chi connectivity index (χ4v) is 4.91. The van der Waals surface area contributed by atoms with Crippen LogP contribution < -0.4 is 10.2 Å². The van der Waals surface area contributed by atoms with Crippen molar-refractivity contribution in [1.82, 2.24) is 10.2 Å². The number of rotatable bonds is 11. The third-order valence-electron chi connectivity index (χ3n) is 4.97. The van der Waals surface area contributed by atoms with Crippen LogP contribution in [0, 0.1) is 11.8 Å². The summed E-state index contributed by atoms with van der Waals surface area (Å²) in [6.07, 6.45) is 8.31. The molecule has 4 heteroatoms. The number of hydrogen-bond donors (Lipinski definition) is 2. The molecule has 2 N–H and O–H groups in total. The molecule has 0 fully saturated rings. The molecule has 2 atom stereocenters. The zero-order valence-corrected chi connectivity index (χ0v) is 19.4. The van der Waals surface area contributed by atoms with Crippen LogP contribution in [0.5, 0.6) is 0 Å². The molecule has 2 aromatic carbocycles. The lowest BCUT2D eigenvalue weighted by atomic mass is 10.0. The summed E-state index contributed by atoms with van der Waals surface area (Å²) in [6.45, 7) is 12.3. The maximum atomic E-state index is 13.6. The van der Waals surface area contributed by atoms with Crippen LogP contribution in [0.3, 0.4) is 0 Å². The molecule has 160 valence electrons. The Balaban J connectivity index is 2.15. The highest BCUT2D eigenvalue weighted by Crippen LogP contribution is 2.40. The SMILES string of the molecule is C=CP(=O)(N[C@H](/C=C/c1ccccc1)C(C)C)N[C@H](/C=C/c1ccccc1)C(C)C. The fourth-order valence-electron chi connectivity index (χ4n) is 2.97. The van der Waals surface area contributed by atoms with E-state index in [9.17, 15) is 4.57 Å². The van der Waals surface area contributed by atoms with Crippen molar-refractivity contribution in [3.05, 3.63) is 96.3 Å². The van der Waals surface area contributed by atoms with Gasteiger partial charge in [-0.3, -0.25) is 4.57 Å². The van der Waals surface area contributed by atoms with Gasteiger partial charge in [0.1, 0.15) is 0 Å². The summed E-state index contributed by atoms with van der Waals surface area (Å²) in [5.74, 6) is 2.08. The highest BCUT2D eigenvalue weighted by molar-refractivity contribution is 7.63. The maximum absolute atomic E-state index is 13.6. The first-order valence-electron chi connectivity index (χ1n) is 10.6. The summed E-state index contributed by atoms with van der Waals surface area (Å²) in [5.41, 5.74) is 2.24. The van der Waals surface area contributed by atoms with E-state index >= 15 is 0 Å². The van der Waals surface area contributed by atoms with Crippen LogP contribution in [0.4, 0.5) is 0 Å². The smallest absolute Gasteiger partial charge is 0.233 e. The minimum Gasteiger partial charge on any atom is -0.285 e. The Labute approximate surface area is 182 Å². The third-order valence-corrected chi connectivity index (χ3v) is 6.84. The summed E-state index contributed by atoms with van der Waals surface area (Å²) < 4.78 is 13.6. The molecule has 0 bridgehead atoms. The van der Waals surface area contributed by atoms with Crippen molar-refractivity contribution in [1.29, 1.82) is 0 Å². The molecule has 30 heavy (non-hydrogen) atoms. The van der Waals surface area contributed by atoms with Crippen LogP contribution in [0.2, 0.25) is 0 Å². The molecule has 0 saturated carbocycles. The monoisotopic (exact) mass is 422 g/mol. The van der Waals surface area contributed by atoms with E-state index in [2.05, 4.69) is 93.0 Å². The van der Waals surface area contributed by atoms with E-state index in [1.54, 1.807) is 0 Å². The summed E-state index contributed by atoms with van der Waals surface area (Å²) in [6, 6.07) is 20.2. The van der Waals surface area contributed by atoms with Crippen LogP contribution >= 0.6 is 7.44 Å². The Morgan fingerprint density at radius 1 is 0.733 bits per heavy atom. The van der Waals surface area contributed by atoms with Gasteiger partial charge in [-0.2, -0.15) is 0 Å². The number of hydrogen-bond acceptors (Lipinski definition) is 1. The molecule has 2 aromatic rings. The quantitative estimate of drug-likeness (QED) is 0.384. The molecule has 0 heterocycles. The molecular weight excluding hydrogens is 387 g/mol. The van der Waals surface area contributed by atoms with Crippen molar-refractivity contribution < 1.29 is 4.57 Å². The maximum Gasteiger partial charge on any atom is 0.233 e. The van der Waals surface area contributed by atoms with E-state index in [1.807, 2.05) is 36.4 Å². The van der Waals surface area contributed by atoms with Gasteiger partial charge in [-0.05, 0) is 28.8 Å². The predicted octanol–water partition coefficient (Wildman–Crippen LogP) is 6.98. The molecular formula is C26H35N2OP. The van der Waals surface area contributed by atoms with E-state index in [0.717, 1.165) is 11.1 Å². The lowest BCUT2D eigenvalue weighted by molar-refractivity contribution is 0.480. The van der Waals surface area contributed by atoms with E-state index < -0.39 is 7.44 Å². The van der Waals surface area contributed by atoms with Crippen LogP contribution in [0.25, 0.3) is 12.2 Å². The highest BCUT2D eigenvalue weighted by Gasteiger charge is 2.26. The van der Waals surface area contributed by atoms with E-state index in [1.165, 1.54) is 5.82 Å². The second-order valence-electron chi connectivity index (χ2n) is 8.18. The summed E-state index contributed by atoms with van der Waals surface area (Å²) in [7, 11) is -3.00. The number of benzene rings is 2. The van der Waals surface area contributed by atoms with Gasteiger partial charge in [0.25, 0.3) is 0 Å². The summed E-state index contributed by atoms with van der Waals surface area (Å²) in [5, 5.41) is 6.68. The first-order valence-corrected chi connectivity index (χ1v) is 12.4. The van der Waals surface area contributed by atoms with Crippen molar-refractivity contribution in [2.45, 2.75) is 39.8 Å². The Morgan fingerprint density at radius 2 is 1.10 bits per heavy atom. The summed E-state index contributed by atoms with van der Waals surface area (Å²) >= 11 is 0. The molecule has 0 aliphatic rings. The van der Waals surface area contributed by atoms with Crippen LogP contribution in [-0.2, 0) is 4.57 Å². The van der Waals surface area contributed by atoms with E-state index in [0.29, 0.717) is 0 Å². The molecule has 0 amide bonds. The Bertz CT molecular complexity index is 805. The van der Waals surface area contributed by atoms with Gasteiger partial charge in [-0.15, -0.1) is 0 Å². The molecule has 3 nitrogen and oxygen atoms in total. The molecule has 0 aliphatic carbocycles. The van der Waals surface area contributed by atoms with Crippen molar-refractivity contribution in [2.24, 2.45) is 11.8 Å². The van der Waals surface area contributed by atoms with Crippen LogP contribution in [0.15, 0.2) is 85.2 Å². The van der Waals surface area contributed by atoms with Crippen molar-refractivity contribution in [3.8, 4) is 0 Å². The predicted molar refractivity (Wildman–Crippen MR) is 132 cm³/mol. The van der Waals surface area contributed by atoms with Gasteiger partial charge >= 0.3 is 0 Å². The molecule has 0 saturated heterocycles. The third kappa shape index (κ3) is 7.91. The zero-order chi connectivity index (χ0) is 22.0. The van der Waals surface area contributed by atoms with Crippen LogP contribution in [-0.4, -0.2) is 12.1 Å². The van der Waals surface area contributed by atoms with Gasteiger partial charge in [-0.1, -0.05) is 119 Å². The van der Waals surface area contributed by atoms with Crippen molar-refractivity contribution in [3.63, 3.8) is 0 Å². The van der Waals surface area contributed by atoms with Gasteiger partial charge in [0.15, 0.2) is 0 Å². The van der Waals surface area contributed by atoms with Gasteiger partial charge < -0.3 is 0 Å². The first-order chi connectivity index (χ1) is 14.3. The molecule has 0 unspecified atom stereocenters. The Hall–Kier alpha value is -2.19. The molecule has 2 rings (SSSR count). The average molecular weight is 423 g/mol. The molecule has 0 aliphatic heterocycles.